The second-order valence-corrected chi connectivity index (χ2v) is 3.34. The van der Waals surface area contributed by atoms with E-state index >= 15 is 0 Å². The van der Waals surface area contributed by atoms with Crippen LogP contribution in [0.5, 0.6) is 0 Å². The molecular formula is C8H10BrNO2. The number of carbonyl (C=O) groups is 1. The van der Waals surface area contributed by atoms with E-state index in [1.807, 2.05) is 13.8 Å². The van der Waals surface area contributed by atoms with Crippen molar-refractivity contribution >= 4 is 21.7 Å². The highest BCUT2D eigenvalue weighted by Gasteiger charge is 2.17. The molecule has 0 radical (unpaired) electrons. The van der Waals surface area contributed by atoms with Crippen LogP contribution in [-0.4, -0.2) is 16.1 Å². The van der Waals surface area contributed by atoms with Crippen molar-refractivity contribution in [1.82, 2.24) is 4.98 Å². The molecule has 0 unspecified atom stereocenters. The van der Waals surface area contributed by atoms with Crippen molar-refractivity contribution in [3.05, 3.63) is 17.8 Å². The lowest BCUT2D eigenvalue weighted by Gasteiger charge is -2.00. The molecule has 0 saturated carbocycles. The van der Waals surface area contributed by atoms with Crippen molar-refractivity contribution in [2.24, 2.45) is 0 Å². The van der Waals surface area contributed by atoms with E-state index in [4.69, 9.17) is 4.42 Å². The van der Waals surface area contributed by atoms with Crippen LogP contribution in [0.3, 0.4) is 0 Å². The number of carbonyl (C=O) groups excluding carboxylic acids is 1. The van der Waals surface area contributed by atoms with Crippen molar-refractivity contribution in [2.75, 3.05) is 5.33 Å². The summed E-state index contributed by atoms with van der Waals surface area (Å²) in [6, 6.07) is 0. The van der Waals surface area contributed by atoms with Crippen molar-refractivity contribution in [3.8, 4) is 0 Å². The average Bonchev–Trinajstić information content (AvgIpc) is 2.50. The molecular weight excluding hydrogens is 222 g/mol. The number of hydrogen-bond acceptors (Lipinski definition) is 3. The zero-order chi connectivity index (χ0) is 9.14. The lowest BCUT2D eigenvalue weighted by Crippen LogP contribution is -2.04. The van der Waals surface area contributed by atoms with Gasteiger partial charge >= 0.3 is 0 Å². The molecule has 0 aliphatic carbocycles. The summed E-state index contributed by atoms with van der Waals surface area (Å²) in [5.41, 5.74) is 0.446. The van der Waals surface area contributed by atoms with Gasteiger partial charge in [0.05, 0.1) is 5.33 Å². The Bertz CT molecular complexity index is 280. The molecule has 4 heteroatoms. The van der Waals surface area contributed by atoms with Crippen molar-refractivity contribution < 1.29 is 9.21 Å². The molecule has 1 aromatic heterocycles. The molecule has 0 amide bonds. The first kappa shape index (κ1) is 9.45. The maximum absolute atomic E-state index is 11.2. The first-order valence-electron chi connectivity index (χ1n) is 3.69. The fraction of sp³-hybridized carbons (Fsp3) is 0.500. The van der Waals surface area contributed by atoms with Crippen LogP contribution >= 0.6 is 15.9 Å². The minimum atomic E-state index is -0.0348. The number of ketones is 1. The molecule has 0 aromatic carbocycles. The van der Waals surface area contributed by atoms with E-state index in [1.165, 1.54) is 6.39 Å². The monoisotopic (exact) mass is 231 g/mol. The quantitative estimate of drug-likeness (QED) is 0.593. The highest BCUT2D eigenvalue weighted by molar-refractivity contribution is 9.09. The van der Waals surface area contributed by atoms with Gasteiger partial charge in [0.2, 0.25) is 0 Å². The van der Waals surface area contributed by atoms with Gasteiger partial charge in [0.25, 0.3) is 0 Å². The summed E-state index contributed by atoms with van der Waals surface area (Å²) in [6.45, 7) is 3.93. The molecule has 1 aromatic rings. The molecule has 0 aliphatic heterocycles. The molecule has 0 bridgehead atoms. The Morgan fingerprint density at radius 2 is 2.42 bits per heavy atom. The lowest BCUT2D eigenvalue weighted by molar-refractivity contribution is 0.101. The molecule has 0 saturated heterocycles. The van der Waals surface area contributed by atoms with Gasteiger partial charge in [-0.3, -0.25) is 4.79 Å². The van der Waals surface area contributed by atoms with Crippen LogP contribution in [0.1, 0.15) is 36.0 Å². The molecule has 0 spiro atoms. The van der Waals surface area contributed by atoms with Crippen LogP contribution in [0.25, 0.3) is 0 Å². The van der Waals surface area contributed by atoms with E-state index in [0.717, 1.165) is 0 Å². The van der Waals surface area contributed by atoms with Crippen LogP contribution < -0.4 is 0 Å². The third-order valence-electron chi connectivity index (χ3n) is 1.50. The second kappa shape index (κ2) is 3.85. The van der Waals surface area contributed by atoms with Crippen molar-refractivity contribution in [1.29, 1.82) is 0 Å². The maximum Gasteiger partial charge on any atom is 0.195 e. The SMILES string of the molecule is CC(C)c1ocnc1C(=O)CBr. The Labute approximate surface area is 79.3 Å². The molecule has 12 heavy (non-hydrogen) atoms. The molecule has 3 nitrogen and oxygen atoms in total. The second-order valence-electron chi connectivity index (χ2n) is 2.78. The number of hydrogen-bond donors (Lipinski definition) is 0. The predicted molar refractivity (Wildman–Crippen MR) is 48.7 cm³/mol. The zero-order valence-electron chi connectivity index (χ0n) is 7.00. The highest BCUT2D eigenvalue weighted by Crippen LogP contribution is 2.18. The first-order chi connectivity index (χ1) is 5.66. The molecule has 0 N–H and O–H groups in total. The Morgan fingerprint density at radius 3 is 2.92 bits per heavy atom. The van der Waals surface area contributed by atoms with Crippen molar-refractivity contribution in [2.45, 2.75) is 19.8 Å². The normalized spacial score (nSPS) is 10.7. The van der Waals surface area contributed by atoms with Crippen LogP contribution in [0, 0.1) is 0 Å². The van der Waals surface area contributed by atoms with Gasteiger partial charge in [-0.25, -0.2) is 4.98 Å². The van der Waals surface area contributed by atoms with Crippen LogP contribution in [0.4, 0.5) is 0 Å². The fourth-order valence-corrected chi connectivity index (χ4v) is 1.20. The number of oxazole rings is 1. The summed E-state index contributed by atoms with van der Waals surface area (Å²) in [4.78, 5) is 15.1. The van der Waals surface area contributed by atoms with Crippen LogP contribution in [0.2, 0.25) is 0 Å². The van der Waals surface area contributed by atoms with Gasteiger partial charge in [-0.15, -0.1) is 0 Å². The number of Topliss-reactive ketones (excluding diaryl/α,β-unsaturated/α-hetero) is 1. The average molecular weight is 232 g/mol. The molecule has 1 rings (SSSR count). The van der Waals surface area contributed by atoms with Gasteiger partial charge in [0, 0.05) is 5.92 Å². The van der Waals surface area contributed by atoms with Gasteiger partial charge in [0.15, 0.2) is 12.2 Å². The fourth-order valence-electron chi connectivity index (χ4n) is 0.937. The van der Waals surface area contributed by atoms with Gasteiger partial charge < -0.3 is 4.42 Å². The standard InChI is InChI=1S/C8H10BrNO2/c1-5(2)8-7(6(11)3-9)10-4-12-8/h4-5H,3H2,1-2H3. The molecule has 1 heterocycles. The van der Waals surface area contributed by atoms with Gasteiger partial charge in [-0.1, -0.05) is 29.8 Å². The van der Waals surface area contributed by atoms with Crippen LogP contribution in [0.15, 0.2) is 10.8 Å². The summed E-state index contributed by atoms with van der Waals surface area (Å²) >= 11 is 3.09. The van der Waals surface area contributed by atoms with Gasteiger partial charge in [-0.2, -0.15) is 0 Å². The number of aromatic nitrogens is 1. The van der Waals surface area contributed by atoms with Gasteiger partial charge in [-0.05, 0) is 0 Å². The molecule has 66 valence electrons. The van der Waals surface area contributed by atoms with E-state index in [9.17, 15) is 4.79 Å². The third kappa shape index (κ3) is 1.75. The number of alkyl halides is 1. The number of nitrogens with zero attached hydrogens (tertiary/aromatic N) is 1. The Balaban J connectivity index is 2.99. The third-order valence-corrected chi connectivity index (χ3v) is 2.01. The predicted octanol–water partition coefficient (Wildman–Crippen LogP) is 2.38. The maximum atomic E-state index is 11.2. The molecule has 0 fully saturated rings. The van der Waals surface area contributed by atoms with E-state index < -0.39 is 0 Å². The Hall–Kier alpha value is -0.640. The minimum absolute atomic E-state index is 0.0348. The Morgan fingerprint density at radius 1 is 1.75 bits per heavy atom. The smallest absolute Gasteiger partial charge is 0.195 e. The minimum Gasteiger partial charge on any atom is -0.447 e. The zero-order valence-corrected chi connectivity index (χ0v) is 8.59. The topological polar surface area (TPSA) is 43.1 Å². The number of halogens is 1. The lowest BCUT2D eigenvalue weighted by atomic mass is 10.1. The summed E-state index contributed by atoms with van der Waals surface area (Å²) in [5, 5.41) is 0.291. The first-order valence-corrected chi connectivity index (χ1v) is 4.81. The Kier molecular flexibility index (Phi) is 3.03. The van der Waals surface area contributed by atoms with E-state index in [1.54, 1.807) is 0 Å². The van der Waals surface area contributed by atoms with Crippen molar-refractivity contribution in [3.63, 3.8) is 0 Å². The van der Waals surface area contributed by atoms with E-state index in [-0.39, 0.29) is 11.7 Å². The van der Waals surface area contributed by atoms with Gasteiger partial charge in [0.1, 0.15) is 11.5 Å². The summed E-state index contributed by atoms with van der Waals surface area (Å²) < 4.78 is 5.10. The number of rotatable bonds is 3. The summed E-state index contributed by atoms with van der Waals surface area (Å²) in [7, 11) is 0. The van der Waals surface area contributed by atoms with E-state index in [2.05, 4.69) is 20.9 Å². The highest BCUT2D eigenvalue weighted by atomic mass is 79.9. The van der Waals surface area contributed by atoms with Crippen LogP contribution in [-0.2, 0) is 0 Å². The summed E-state index contributed by atoms with van der Waals surface area (Å²) in [5.74, 6) is 0.831. The molecule has 0 aliphatic rings. The van der Waals surface area contributed by atoms with E-state index in [0.29, 0.717) is 16.8 Å². The summed E-state index contributed by atoms with van der Waals surface area (Å²) in [6.07, 6.45) is 1.31. The largest absolute Gasteiger partial charge is 0.447 e. The molecule has 0 atom stereocenters.